The lowest BCUT2D eigenvalue weighted by atomic mass is 10.1. The van der Waals surface area contributed by atoms with Gasteiger partial charge >= 0.3 is 0 Å². The lowest BCUT2D eigenvalue weighted by Crippen LogP contribution is -2.37. The van der Waals surface area contributed by atoms with E-state index >= 15 is 0 Å². The highest BCUT2D eigenvalue weighted by molar-refractivity contribution is 7.15. The molecule has 130 valence electrons. The van der Waals surface area contributed by atoms with Gasteiger partial charge in [-0.2, -0.15) is 0 Å². The summed E-state index contributed by atoms with van der Waals surface area (Å²) in [6, 6.07) is 7.82. The molecule has 2 heterocycles. The normalized spacial score (nSPS) is 12.1. The van der Waals surface area contributed by atoms with Crippen LogP contribution in [0.5, 0.6) is 0 Å². The van der Waals surface area contributed by atoms with Crippen LogP contribution in [-0.4, -0.2) is 26.5 Å². The first-order valence-corrected chi connectivity index (χ1v) is 9.19. The van der Waals surface area contributed by atoms with Crippen molar-refractivity contribution in [1.29, 1.82) is 0 Å². The molecule has 0 radical (unpaired) electrons. The number of amides is 1. The van der Waals surface area contributed by atoms with Crippen LogP contribution >= 0.6 is 11.3 Å². The summed E-state index contributed by atoms with van der Waals surface area (Å²) in [4.78, 5) is 22.2. The topological polar surface area (TPSA) is 59.8 Å². The molecule has 3 aromatic rings. The molecule has 0 bridgehead atoms. The molecule has 0 saturated carbocycles. The number of carbonyl (C=O) groups excluding carboxylic acids is 1. The monoisotopic (exact) mass is 354 g/mol. The lowest BCUT2D eigenvalue weighted by molar-refractivity contribution is 0.0932. The highest BCUT2D eigenvalue weighted by atomic mass is 32.1. The molecule has 0 aliphatic heterocycles. The fraction of sp³-hybridized carbons (Fsp3) is 0.316. The maximum atomic E-state index is 12.5. The van der Waals surface area contributed by atoms with E-state index in [0.29, 0.717) is 5.56 Å². The molecule has 25 heavy (non-hydrogen) atoms. The van der Waals surface area contributed by atoms with Gasteiger partial charge in [0.25, 0.3) is 5.91 Å². The molecule has 2 aromatic heterocycles. The zero-order valence-corrected chi connectivity index (χ0v) is 15.5. The van der Waals surface area contributed by atoms with Crippen LogP contribution in [0.4, 0.5) is 0 Å². The van der Waals surface area contributed by atoms with Crippen molar-refractivity contribution in [3.8, 4) is 10.4 Å². The summed E-state index contributed by atoms with van der Waals surface area (Å²) >= 11 is 1.68. The fourth-order valence-electron chi connectivity index (χ4n) is 2.77. The minimum atomic E-state index is -0.0456. The Balaban J connectivity index is 1.68. The minimum Gasteiger partial charge on any atom is -0.348 e. The first-order chi connectivity index (χ1) is 12.1. The Labute approximate surface area is 151 Å². The predicted octanol–water partition coefficient (Wildman–Crippen LogP) is 3.83. The lowest BCUT2D eigenvalue weighted by Gasteiger charge is -2.17. The first-order valence-electron chi connectivity index (χ1n) is 8.38. The number of hydrogen-bond donors (Lipinski definition) is 1. The van der Waals surface area contributed by atoms with Crippen molar-refractivity contribution in [1.82, 2.24) is 19.9 Å². The molecule has 0 saturated heterocycles. The van der Waals surface area contributed by atoms with E-state index in [4.69, 9.17) is 0 Å². The molecule has 1 unspecified atom stereocenters. The third kappa shape index (κ3) is 4.14. The van der Waals surface area contributed by atoms with Gasteiger partial charge in [-0.3, -0.25) is 4.79 Å². The van der Waals surface area contributed by atoms with E-state index in [9.17, 15) is 4.79 Å². The Morgan fingerprint density at radius 3 is 2.60 bits per heavy atom. The van der Waals surface area contributed by atoms with Crippen LogP contribution in [0.3, 0.4) is 0 Å². The summed E-state index contributed by atoms with van der Waals surface area (Å²) in [5.41, 5.74) is 2.81. The van der Waals surface area contributed by atoms with Gasteiger partial charge in [0.1, 0.15) is 0 Å². The third-order valence-electron chi connectivity index (χ3n) is 4.13. The number of nitrogens with one attached hydrogen (secondary N) is 1. The molecule has 5 nitrogen and oxygen atoms in total. The fourth-order valence-corrected chi connectivity index (χ4v) is 3.69. The standard InChI is InChI=1S/C19H22N4OS/c1-4-17(11-23-10-9-20-12-23)22-19(24)16-7-5-15(6-8-16)18-13(2)21-14(3)25-18/h5-10,12,17H,4,11H2,1-3H3,(H,22,24). The summed E-state index contributed by atoms with van der Waals surface area (Å²) in [6.45, 7) is 6.81. The summed E-state index contributed by atoms with van der Waals surface area (Å²) in [5.74, 6) is -0.0456. The molecule has 0 aliphatic rings. The first kappa shape index (κ1) is 17.4. The largest absolute Gasteiger partial charge is 0.348 e. The Hall–Kier alpha value is -2.47. The molecule has 0 aliphatic carbocycles. The van der Waals surface area contributed by atoms with Gasteiger partial charge in [0.05, 0.1) is 21.9 Å². The third-order valence-corrected chi connectivity index (χ3v) is 5.25. The second-order valence-electron chi connectivity index (χ2n) is 6.06. The van der Waals surface area contributed by atoms with Gasteiger partial charge < -0.3 is 9.88 Å². The second-order valence-corrected chi connectivity index (χ2v) is 7.27. The molecular formula is C19H22N4OS. The van der Waals surface area contributed by atoms with Gasteiger partial charge in [-0.1, -0.05) is 19.1 Å². The van der Waals surface area contributed by atoms with E-state index in [-0.39, 0.29) is 11.9 Å². The SMILES string of the molecule is CCC(Cn1ccnc1)NC(=O)c1ccc(-c2sc(C)nc2C)cc1. The molecule has 0 fully saturated rings. The molecule has 6 heteroatoms. The van der Waals surface area contributed by atoms with E-state index in [1.165, 1.54) is 0 Å². The Morgan fingerprint density at radius 2 is 2.04 bits per heavy atom. The maximum absolute atomic E-state index is 12.5. The Bertz CT molecular complexity index is 837. The maximum Gasteiger partial charge on any atom is 0.251 e. The highest BCUT2D eigenvalue weighted by Crippen LogP contribution is 2.29. The summed E-state index contributed by atoms with van der Waals surface area (Å²) < 4.78 is 1.98. The summed E-state index contributed by atoms with van der Waals surface area (Å²) in [7, 11) is 0. The van der Waals surface area contributed by atoms with Crippen LogP contribution in [0.2, 0.25) is 0 Å². The van der Waals surface area contributed by atoms with Crippen LogP contribution < -0.4 is 5.32 Å². The van der Waals surface area contributed by atoms with Crippen LogP contribution in [0.1, 0.15) is 34.4 Å². The van der Waals surface area contributed by atoms with Crippen LogP contribution in [0.15, 0.2) is 43.0 Å². The van der Waals surface area contributed by atoms with Crippen LogP contribution in [0.25, 0.3) is 10.4 Å². The smallest absolute Gasteiger partial charge is 0.251 e. The van der Waals surface area contributed by atoms with E-state index < -0.39 is 0 Å². The number of thiazole rings is 1. The van der Waals surface area contributed by atoms with Crippen molar-refractivity contribution in [3.63, 3.8) is 0 Å². The summed E-state index contributed by atoms with van der Waals surface area (Å²) in [5, 5.41) is 4.15. The minimum absolute atomic E-state index is 0.0456. The number of nitrogens with zero attached hydrogens (tertiary/aromatic N) is 3. The van der Waals surface area contributed by atoms with E-state index in [0.717, 1.165) is 34.1 Å². The highest BCUT2D eigenvalue weighted by Gasteiger charge is 2.14. The zero-order valence-electron chi connectivity index (χ0n) is 14.7. The number of benzene rings is 1. The quantitative estimate of drug-likeness (QED) is 0.732. The Kier molecular flexibility index (Phi) is 5.28. The van der Waals surface area contributed by atoms with Crippen molar-refractivity contribution in [2.24, 2.45) is 0 Å². The molecule has 1 N–H and O–H groups in total. The molecule has 3 rings (SSSR count). The van der Waals surface area contributed by atoms with Crippen molar-refractivity contribution in [2.75, 3.05) is 0 Å². The van der Waals surface area contributed by atoms with Crippen molar-refractivity contribution in [2.45, 2.75) is 39.8 Å². The van der Waals surface area contributed by atoms with Gasteiger partial charge in [0.2, 0.25) is 0 Å². The number of rotatable bonds is 6. The molecule has 0 spiro atoms. The number of carbonyl (C=O) groups is 1. The van der Waals surface area contributed by atoms with E-state index in [1.807, 2.05) is 48.9 Å². The van der Waals surface area contributed by atoms with Gasteiger partial charge in [-0.05, 0) is 38.0 Å². The van der Waals surface area contributed by atoms with E-state index in [2.05, 4.69) is 22.2 Å². The number of hydrogen-bond acceptors (Lipinski definition) is 4. The average Bonchev–Trinajstić information content (AvgIpc) is 3.23. The molecular weight excluding hydrogens is 332 g/mol. The van der Waals surface area contributed by atoms with Crippen molar-refractivity contribution in [3.05, 3.63) is 59.3 Å². The molecule has 1 atom stereocenters. The van der Waals surface area contributed by atoms with Gasteiger partial charge in [0.15, 0.2) is 0 Å². The zero-order chi connectivity index (χ0) is 17.8. The number of aromatic nitrogens is 3. The average molecular weight is 354 g/mol. The van der Waals surface area contributed by atoms with Crippen molar-refractivity contribution >= 4 is 17.2 Å². The predicted molar refractivity (Wildman–Crippen MR) is 101 cm³/mol. The van der Waals surface area contributed by atoms with Crippen LogP contribution in [0, 0.1) is 13.8 Å². The Morgan fingerprint density at radius 1 is 1.28 bits per heavy atom. The second kappa shape index (κ2) is 7.61. The van der Waals surface area contributed by atoms with E-state index in [1.54, 1.807) is 23.9 Å². The molecule has 1 amide bonds. The number of imidazole rings is 1. The van der Waals surface area contributed by atoms with Gasteiger partial charge in [-0.15, -0.1) is 11.3 Å². The number of aryl methyl sites for hydroxylation is 2. The van der Waals surface area contributed by atoms with Gasteiger partial charge in [0, 0.05) is 30.5 Å². The van der Waals surface area contributed by atoms with Crippen LogP contribution in [-0.2, 0) is 6.54 Å². The summed E-state index contributed by atoms with van der Waals surface area (Å²) in [6.07, 6.45) is 6.28. The van der Waals surface area contributed by atoms with Crippen molar-refractivity contribution < 1.29 is 4.79 Å². The molecule has 1 aromatic carbocycles. The van der Waals surface area contributed by atoms with Gasteiger partial charge in [-0.25, -0.2) is 9.97 Å².